The normalized spacial score (nSPS) is 17.6. The third-order valence-corrected chi connectivity index (χ3v) is 11.4. The minimum atomic E-state index is -0.456. The van der Waals surface area contributed by atoms with E-state index in [2.05, 4.69) is 25.2 Å². The van der Waals surface area contributed by atoms with E-state index in [1.165, 1.54) is 19.1 Å². The number of likely N-dealkylation sites (N-methyl/N-ethyl adjacent to an activating group) is 1. The molecule has 4 aliphatic heterocycles. The van der Waals surface area contributed by atoms with E-state index >= 15 is 0 Å². The SMILES string of the molecule is COc1cc(OC)c(Cl)c(N2Cc3cnc(Nc4ccc(N5CCOCC5)cn4)nc3N(C3CCN(C(=O)/C=C/C[N+](C)(C)CC4=C([N+](=O)[O-])N=CC4)CC3)C2=O)c1Cl. The van der Waals surface area contributed by atoms with Gasteiger partial charge >= 0.3 is 11.9 Å². The molecule has 0 bridgehead atoms. The van der Waals surface area contributed by atoms with E-state index in [0.29, 0.717) is 85.9 Å². The van der Waals surface area contributed by atoms with Gasteiger partial charge in [0, 0.05) is 62.5 Å². The third kappa shape index (κ3) is 9.05. The summed E-state index contributed by atoms with van der Waals surface area (Å²) in [6.45, 7) is 4.63. The lowest BCUT2D eigenvalue weighted by Gasteiger charge is -2.43. The monoisotopic (exact) mass is 850 g/mol. The summed E-state index contributed by atoms with van der Waals surface area (Å²) >= 11 is 13.7. The van der Waals surface area contributed by atoms with E-state index in [4.69, 9.17) is 42.4 Å². The second-order valence-corrected chi connectivity index (χ2v) is 15.9. The Labute approximate surface area is 351 Å². The van der Waals surface area contributed by atoms with Crippen LogP contribution in [0.1, 0.15) is 24.8 Å². The summed E-state index contributed by atoms with van der Waals surface area (Å²) in [4.78, 5) is 64.1. The highest BCUT2D eigenvalue weighted by atomic mass is 35.5. The van der Waals surface area contributed by atoms with Crippen LogP contribution in [-0.2, 0) is 16.1 Å². The van der Waals surface area contributed by atoms with Gasteiger partial charge in [0.15, 0.2) is 0 Å². The maximum absolute atomic E-state index is 14.8. The Hall–Kier alpha value is -5.56. The zero-order valence-electron chi connectivity index (χ0n) is 33.3. The molecule has 2 aromatic heterocycles. The van der Waals surface area contributed by atoms with Crippen LogP contribution in [0.5, 0.6) is 11.5 Å². The number of ether oxygens (including phenoxy) is 3. The Morgan fingerprint density at radius 1 is 1.07 bits per heavy atom. The minimum absolute atomic E-state index is 0.0574. The molecule has 1 aromatic carbocycles. The van der Waals surface area contributed by atoms with Gasteiger partial charge in [-0.2, -0.15) is 4.98 Å². The molecule has 18 nitrogen and oxygen atoms in total. The Morgan fingerprint density at radius 3 is 2.42 bits per heavy atom. The Balaban J connectivity index is 1.10. The van der Waals surface area contributed by atoms with Crippen molar-refractivity contribution in [1.82, 2.24) is 19.9 Å². The van der Waals surface area contributed by atoms with Crippen molar-refractivity contribution >= 4 is 70.3 Å². The second kappa shape index (κ2) is 17.7. The van der Waals surface area contributed by atoms with Crippen LogP contribution in [0.25, 0.3) is 0 Å². The summed E-state index contributed by atoms with van der Waals surface area (Å²) in [5.74, 6) is 1.51. The molecule has 0 atom stereocenters. The van der Waals surface area contributed by atoms with Crippen molar-refractivity contribution in [3.63, 3.8) is 0 Å². The number of carbonyl (C=O) groups is 2. The molecule has 59 heavy (non-hydrogen) atoms. The van der Waals surface area contributed by atoms with Gasteiger partial charge in [-0.3, -0.25) is 14.6 Å². The van der Waals surface area contributed by atoms with E-state index < -0.39 is 11.0 Å². The molecule has 7 rings (SSSR count). The van der Waals surface area contributed by atoms with Crippen LogP contribution < -0.4 is 29.5 Å². The summed E-state index contributed by atoms with van der Waals surface area (Å²) in [6.07, 6.45) is 9.70. The lowest BCUT2D eigenvalue weighted by atomic mass is 10.0. The molecule has 2 saturated heterocycles. The van der Waals surface area contributed by atoms with Crippen LogP contribution in [-0.4, -0.2) is 134 Å². The summed E-state index contributed by atoms with van der Waals surface area (Å²) in [7, 11) is 6.83. The van der Waals surface area contributed by atoms with Crippen LogP contribution in [0.3, 0.4) is 0 Å². The van der Waals surface area contributed by atoms with Gasteiger partial charge < -0.3 is 43.9 Å². The summed E-state index contributed by atoms with van der Waals surface area (Å²) in [6, 6.07) is 4.62. The van der Waals surface area contributed by atoms with Crippen molar-refractivity contribution < 1.29 is 33.2 Å². The zero-order chi connectivity index (χ0) is 41.8. The number of fused-ring (bicyclic) bond motifs is 1. The van der Waals surface area contributed by atoms with Crippen molar-refractivity contribution in [1.29, 1.82) is 0 Å². The molecule has 1 N–H and O–H groups in total. The molecule has 3 amide bonds. The first kappa shape index (κ1) is 41.6. The van der Waals surface area contributed by atoms with Crippen molar-refractivity contribution in [3.05, 3.63) is 79.9 Å². The average Bonchev–Trinajstić information content (AvgIpc) is 3.69. The van der Waals surface area contributed by atoms with Crippen molar-refractivity contribution in [2.24, 2.45) is 4.99 Å². The maximum atomic E-state index is 14.8. The molecule has 6 heterocycles. The number of amides is 3. The number of likely N-dealkylation sites (tertiary alicyclic amines) is 1. The van der Waals surface area contributed by atoms with E-state index in [9.17, 15) is 19.7 Å². The van der Waals surface area contributed by atoms with Crippen LogP contribution in [0.2, 0.25) is 10.0 Å². The molecule has 312 valence electrons. The maximum Gasteiger partial charge on any atom is 0.368 e. The smallest absolute Gasteiger partial charge is 0.368 e. The van der Waals surface area contributed by atoms with E-state index in [-0.39, 0.29) is 57.5 Å². The van der Waals surface area contributed by atoms with Gasteiger partial charge in [0.1, 0.15) is 45.9 Å². The number of rotatable bonds is 13. The highest BCUT2D eigenvalue weighted by Crippen LogP contribution is 2.48. The lowest BCUT2D eigenvalue weighted by Crippen LogP contribution is -2.55. The number of pyridine rings is 1. The Morgan fingerprint density at radius 2 is 1.78 bits per heavy atom. The number of nitrogens with zero attached hydrogens (tertiary/aromatic N) is 10. The number of morpholine rings is 1. The first-order valence-corrected chi connectivity index (χ1v) is 19.9. The number of nitro groups is 1. The number of hydrogen-bond acceptors (Lipinski definition) is 13. The van der Waals surface area contributed by atoms with Crippen molar-refractivity contribution in [2.75, 3.05) is 101 Å². The van der Waals surface area contributed by atoms with Crippen molar-refractivity contribution in [3.8, 4) is 11.5 Å². The molecule has 0 aliphatic carbocycles. The number of benzene rings is 1. The quantitative estimate of drug-likeness (QED) is 0.102. The number of aliphatic imine (C=N–C) groups is 1. The molecule has 4 aliphatic rings. The first-order valence-electron chi connectivity index (χ1n) is 19.2. The van der Waals surface area contributed by atoms with E-state index in [0.717, 1.165) is 18.8 Å². The molecule has 2 fully saturated rings. The second-order valence-electron chi connectivity index (χ2n) is 15.1. The highest BCUT2D eigenvalue weighted by molar-refractivity contribution is 6.42. The number of hydrogen-bond donors (Lipinski definition) is 1. The van der Waals surface area contributed by atoms with Gasteiger partial charge in [-0.05, 0) is 36.0 Å². The van der Waals surface area contributed by atoms with Crippen LogP contribution in [0.4, 0.5) is 33.8 Å². The fourth-order valence-corrected chi connectivity index (χ4v) is 8.34. The molecule has 0 saturated carbocycles. The fraction of sp³-hybridized carbons (Fsp3) is 0.436. The largest absolute Gasteiger partial charge is 0.495 e. The number of anilines is 5. The van der Waals surface area contributed by atoms with Gasteiger partial charge in [-0.25, -0.2) is 14.8 Å². The Kier molecular flexibility index (Phi) is 12.5. The number of urea groups is 1. The van der Waals surface area contributed by atoms with Crippen molar-refractivity contribution in [2.45, 2.75) is 31.8 Å². The van der Waals surface area contributed by atoms with E-state index in [1.54, 1.807) is 46.6 Å². The highest BCUT2D eigenvalue weighted by Gasteiger charge is 2.41. The third-order valence-electron chi connectivity index (χ3n) is 10.7. The number of piperidine rings is 1. The molecular weight excluding hydrogens is 805 g/mol. The molecule has 0 unspecified atom stereocenters. The number of carbonyl (C=O) groups excluding carboxylic acids is 2. The number of nitrogens with one attached hydrogen (secondary N) is 1. The summed E-state index contributed by atoms with van der Waals surface area (Å²) < 4.78 is 16.9. The number of quaternary nitrogens is 1. The topological polar surface area (TPSA) is 181 Å². The van der Waals surface area contributed by atoms with Gasteiger partial charge in [0.25, 0.3) is 0 Å². The average molecular weight is 852 g/mol. The number of aromatic nitrogens is 3. The van der Waals surface area contributed by atoms with Gasteiger partial charge in [0.2, 0.25) is 11.9 Å². The van der Waals surface area contributed by atoms with Crippen LogP contribution in [0, 0.1) is 10.1 Å². The predicted octanol–water partition coefficient (Wildman–Crippen LogP) is 5.31. The molecule has 20 heteroatoms. The molecule has 0 radical (unpaired) electrons. The minimum Gasteiger partial charge on any atom is -0.495 e. The number of halogens is 2. The summed E-state index contributed by atoms with van der Waals surface area (Å²) in [5.41, 5.74) is 2.51. The van der Waals surface area contributed by atoms with E-state index in [1.807, 2.05) is 26.2 Å². The van der Waals surface area contributed by atoms with Gasteiger partial charge in [0.05, 0.1) is 77.8 Å². The van der Waals surface area contributed by atoms with Gasteiger partial charge in [-0.15, -0.1) is 0 Å². The molecule has 3 aromatic rings. The predicted molar refractivity (Wildman–Crippen MR) is 224 cm³/mol. The molecule has 0 spiro atoms. The lowest BCUT2D eigenvalue weighted by molar-refractivity contribution is -0.880. The van der Waals surface area contributed by atoms with Crippen LogP contribution >= 0.6 is 23.2 Å². The van der Waals surface area contributed by atoms with Gasteiger partial charge in [-0.1, -0.05) is 28.2 Å². The Bertz CT molecular complexity index is 2160. The van der Waals surface area contributed by atoms with Crippen LogP contribution in [0.15, 0.2) is 59.1 Å². The standard InChI is InChI=1S/C39H46Cl2N11O7/c1-52(2,24-25-9-12-42-36(25)51(55)56)17-5-6-32(53)48-13-10-27(11-14-48)50-37-26(23-49(39(50)54)35-33(40)29(57-3)20-30(58-4)34(35)41)21-44-38(46-37)45-31-8-7-28(22-43-31)47-15-18-59-19-16-47/h5-8,12,20-22,27H,9-11,13-19,23-24H2,1-4H3,(H,43,44,45,46)/q+1/b6-5+. The summed E-state index contributed by atoms with van der Waals surface area (Å²) in [5, 5.41) is 14.8. The fourth-order valence-electron chi connectivity index (χ4n) is 7.64. The number of methoxy groups -OCH3 is 2. The zero-order valence-corrected chi connectivity index (χ0v) is 34.8. The molecular formula is C39H46Cl2N11O7+. The first-order chi connectivity index (χ1) is 28.4.